The van der Waals surface area contributed by atoms with E-state index in [4.69, 9.17) is 0 Å². The van der Waals surface area contributed by atoms with Crippen molar-refractivity contribution < 1.29 is 0 Å². The van der Waals surface area contributed by atoms with E-state index < -0.39 is 0 Å². The van der Waals surface area contributed by atoms with Crippen molar-refractivity contribution in [2.45, 2.75) is 60.3 Å². The lowest BCUT2D eigenvalue weighted by Crippen LogP contribution is -2.28. The number of aromatic nitrogens is 2. The van der Waals surface area contributed by atoms with Crippen molar-refractivity contribution in [3.63, 3.8) is 0 Å². The summed E-state index contributed by atoms with van der Waals surface area (Å²) in [5.74, 6) is 1.51. The van der Waals surface area contributed by atoms with Gasteiger partial charge in [-0.2, -0.15) is 5.10 Å². The molecule has 1 atom stereocenters. The zero-order chi connectivity index (χ0) is 22.7. The number of rotatable bonds is 8. The lowest BCUT2D eigenvalue weighted by atomic mass is 9.69. The number of benzene rings is 1. The van der Waals surface area contributed by atoms with E-state index in [1.807, 2.05) is 17.6 Å². The third-order valence-electron chi connectivity index (χ3n) is 7.26. The topological polar surface area (TPSA) is 53.4 Å². The highest BCUT2D eigenvalue weighted by molar-refractivity contribution is 7.19. The molecule has 1 N–H and O–H groups in total. The summed E-state index contributed by atoms with van der Waals surface area (Å²) in [7, 11) is 0. The van der Waals surface area contributed by atoms with Crippen molar-refractivity contribution in [1.29, 1.82) is 0 Å². The van der Waals surface area contributed by atoms with E-state index in [0.29, 0.717) is 11.3 Å². The Labute approximate surface area is 196 Å². The average Bonchev–Trinajstić information content (AvgIpc) is 3.19. The maximum Gasteiger partial charge on any atom is 0.158 e. The minimum atomic E-state index is 0.352. The first-order valence-corrected chi connectivity index (χ1v) is 12.7. The minimum absolute atomic E-state index is 0.352. The van der Waals surface area contributed by atoms with Gasteiger partial charge in [-0.25, -0.2) is 9.97 Å². The molecule has 32 heavy (non-hydrogen) atoms. The first-order chi connectivity index (χ1) is 15.5. The Balaban J connectivity index is 1.55. The van der Waals surface area contributed by atoms with Crippen molar-refractivity contribution >= 4 is 39.3 Å². The molecule has 0 radical (unpaired) electrons. The second kappa shape index (κ2) is 9.57. The smallest absolute Gasteiger partial charge is 0.158 e. The van der Waals surface area contributed by atoms with Crippen LogP contribution >= 0.6 is 11.3 Å². The van der Waals surface area contributed by atoms with Crippen LogP contribution in [0.2, 0.25) is 0 Å². The van der Waals surface area contributed by atoms with Gasteiger partial charge in [0.25, 0.3) is 0 Å². The van der Waals surface area contributed by atoms with Crippen LogP contribution in [0, 0.1) is 11.3 Å². The van der Waals surface area contributed by atoms with Gasteiger partial charge in [0.2, 0.25) is 0 Å². The fourth-order valence-electron chi connectivity index (χ4n) is 4.68. The maximum absolute atomic E-state index is 4.57. The number of nitrogens with zero attached hydrogens (tertiary/aromatic N) is 4. The van der Waals surface area contributed by atoms with Crippen LogP contribution in [-0.2, 0) is 12.8 Å². The van der Waals surface area contributed by atoms with Crippen LogP contribution in [0.25, 0.3) is 10.2 Å². The summed E-state index contributed by atoms with van der Waals surface area (Å²) in [6.07, 6.45) is 8.23. The Morgan fingerprint density at radius 1 is 1.16 bits per heavy atom. The largest absolute Gasteiger partial charge is 0.372 e. The Morgan fingerprint density at radius 2 is 1.91 bits per heavy atom. The van der Waals surface area contributed by atoms with Gasteiger partial charge < -0.3 is 4.90 Å². The van der Waals surface area contributed by atoms with Gasteiger partial charge in [0.05, 0.1) is 11.6 Å². The summed E-state index contributed by atoms with van der Waals surface area (Å²) in [5, 5.41) is 5.68. The van der Waals surface area contributed by atoms with Gasteiger partial charge in [0.1, 0.15) is 11.2 Å². The SMILES string of the molecule is CCN(CC)c1ccc(/C=N\Nc2ncnc3sc4c(c23)C[C@H](C(C)(C)CC)CC4)cc1. The summed E-state index contributed by atoms with van der Waals surface area (Å²) in [4.78, 5) is 14.0. The highest BCUT2D eigenvalue weighted by Crippen LogP contribution is 2.45. The second-order valence-corrected chi connectivity index (χ2v) is 10.4. The number of aryl methyl sites for hydroxylation is 1. The lowest BCUT2D eigenvalue weighted by Gasteiger charge is -2.36. The summed E-state index contributed by atoms with van der Waals surface area (Å²) >= 11 is 1.82. The highest BCUT2D eigenvalue weighted by atomic mass is 32.1. The molecule has 0 bridgehead atoms. The molecule has 0 saturated carbocycles. The summed E-state index contributed by atoms with van der Waals surface area (Å²) in [5.41, 5.74) is 7.31. The highest BCUT2D eigenvalue weighted by Gasteiger charge is 2.33. The molecule has 0 aliphatic heterocycles. The van der Waals surface area contributed by atoms with Crippen molar-refractivity contribution in [2.24, 2.45) is 16.4 Å². The van der Waals surface area contributed by atoms with Crippen LogP contribution in [0.3, 0.4) is 0 Å². The summed E-state index contributed by atoms with van der Waals surface area (Å²) in [6.45, 7) is 13.5. The molecular formula is C26H35N5S. The molecule has 2 aromatic heterocycles. The zero-order valence-corrected chi connectivity index (χ0v) is 20.8. The van der Waals surface area contributed by atoms with Gasteiger partial charge in [0.15, 0.2) is 5.82 Å². The van der Waals surface area contributed by atoms with Crippen LogP contribution in [0.15, 0.2) is 35.7 Å². The maximum atomic E-state index is 4.57. The number of anilines is 2. The minimum Gasteiger partial charge on any atom is -0.372 e. The predicted molar refractivity (Wildman–Crippen MR) is 138 cm³/mol. The van der Waals surface area contributed by atoms with E-state index in [1.165, 1.54) is 29.0 Å². The Morgan fingerprint density at radius 3 is 2.59 bits per heavy atom. The molecule has 170 valence electrons. The number of thiophene rings is 1. The van der Waals surface area contributed by atoms with Gasteiger partial charge in [-0.05, 0) is 67.7 Å². The molecule has 0 saturated heterocycles. The van der Waals surface area contributed by atoms with Crippen molar-refractivity contribution in [1.82, 2.24) is 9.97 Å². The van der Waals surface area contributed by atoms with Crippen molar-refractivity contribution in [3.8, 4) is 0 Å². The van der Waals surface area contributed by atoms with Crippen molar-refractivity contribution in [3.05, 3.63) is 46.6 Å². The van der Waals surface area contributed by atoms with Gasteiger partial charge >= 0.3 is 0 Å². The Kier molecular flexibility index (Phi) is 6.79. The van der Waals surface area contributed by atoms with Crippen LogP contribution < -0.4 is 10.3 Å². The van der Waals surface area contributed by atoms with E-state index in [1.54, 1.807) is 6.33 Å². The Hall–Kier alpha value is -2.47. The third kappa shape index (κ3) is 4.51. The molecule has 0 amide bonds. The fourth-order valence-corrected chi connectivity index (χ4v) is 5.86. The molecule has 6 heteroatoms. The van der Waals surface area contributed by atoms with Crippen LogP contribution in [-0.4, -0.2) is 29.3 Å². The second-order valence-electron chi connectivity index (χ2n) is 9.32. The first kappa shape index (κ1) is 22.7. The standard InChI is InChI=1S/C26H35N5S/c1-6-26(4,5)19-11-14-22-21(15-19)23-24(27-17-28-25(23)32-22)30-29-16-18-9-12-20(13-10-18)31(7-2)8-3/h9-10,12-13,16-17,19H,6-8,11,14-15H2,1-5H3,(H,27,28,30)/b29-16-/t19-/m1/s1. The number of nitrogens with one attached hydrogen (secondary N) is 1. The molecular weight excluding hydrogens is 414 g/mol. The quantitative estimate of drug-likeness (QED) is 0.314. The van der Waals surface area contributed by atoms with Gasteiger partial charge in [-0.1, -0.05) is 39.3 Å². The average molecular weight is 450 g/mol. The summed E-state index contributed by atoms with van der Waals surface area (Å²) in [6, 6.07) is 8.53. The molecule has 0 unspecified atom stereocenters. The number of fused-ring (bicyclic) bond motifs is 3. The molecule has 1 aliphatic carbocycles. The number of hydrogen-bond donors (Lipinski definition) is 1. The normalized spacial score (nSPS) is 16.5. The van der Waals surface area contributed by atoms with Crippen molar-refractivity contribution in [2.75, 3.05) is 23.4 Å². The molecule has 0 fully saturated rings. The monoisotopic (exact) mass is 449 g/mol. The van der Waals surface area contributed by atoms with Crippen LogP contribution in [0.4, 0.5) is 11.5 Å². The summed E-state index contributed by atoms with van der Waals surface area (Å²) < 4.78 is 0. The van der Waals surface area contributed by atoms with E-state index >= 15 is 0 Å². The number of hydrogen-bond acceptors (Lipinski definition) is 6. The van der Waals surface area contributed by atoms with E-state index in [0.717, 1.165) is 47.5 Å². The fraction of sp³-hybridized carbons (Fsp3) is 0.500. The molecule has 5 nitrogen and oxygen atoms in total. The zero-order valence-electron chi connectivity index (χ0n) is 20.0. The third-order valence-corrected chi connectivity index (χ3v) is 8.46. The predicted octanol–water partition coefficient (Wildman–Crippen LogP) is 6.52. The first-order valence-electron chi connectivity index (χ1n) is 11.9. The molecule has 2 heterocycles. The lowest BCUT2D eigenvalue weighted by molar-refractivity contribution is 0.184. The molecule has 1 aliphatic rings. The van der Waals surface area contributed by atoms with E-state index in [9.17, 15) is 0 Å². The number of hydrazone groups is 1. The van der Waals surface area contributed by atoms with Crippen LogP contribution in [0.1, 0.15) is 63.5 Å². The van der Waals surface area contributed by atoms with Gasteiger partial charge in [-0.15, -0.1) is 11.3 Å². The molecule has 1 aromatic carbocycles. The molecule has 4 rings (SSSR count). The van der Waals surface area contributed by atoms with E-state index in [2.05, 4.69) is 84.3 Å². The Bertz CT molecular complexity index is 1080. The van der Waals surface area contributed by atoms with Crippen LogP contribution in [0.5, 0.6) is 0 Å². The molecule has 3 aromatic rings. The van der Waals surface area contributed by atoms with Gasteiger partial charge in [0, 0.05) is 23.7 Å². The molecule has 0 spiro atoms. The van der Waals surface area contributed by atoms with Gasteiger partial charge in [-0.3, -0.25) is 5.43 Å². The van der Waals surface area contributed by atoms with E-state index in [-0.39, 0.29) is 0 Å².